The van der Waals surface area contributed by atoms with Crippen molar-refractivity contribution in [3.05, 3.63) is 48.0 Å². The van der Waals surface area contributed by atoms with Gasteiger partial charge in [0.25, 0.3) is 5.92 Å². The average molecular weight is 408 g/mol. The van der Waals surface area contributed by atoms with Crippen LogP contribution in [0, 0.1) is 0 Å². The largest absolute Gasteiger partial charge is 0.466 e. The molecule has 0 aliphatic carbocycles. The van der Waals surface area contributed by atoms with Crippen LogP contribution in [-0.4, -0.2) is 36.0 Å². The van der Waals surface area contributed by atoms with Gasteiger partial charge in [0.1, 0.15) is 0 Å². The van der Waals surface area contributed by atoms with Gasteiger partial charge in [-0.1, -0.05) is 55.3 Å². The molecule has 1 saturated heterocycles. The molecule has 29 heavy (non-hydrogen) atoms. The van der Waals surface area contributed by atoms with Crippen LogP contribution in [0.2, 0.25) is 0 Å². The Morgan fingerprint density at radius 2 is 1.93 bits per heavy atom. The lowest BCUT2D eigenvalue weighted by Gasteiger charge is -2.22. The summed E-state index contributed by atoms with van der Waals surface area (Å²) in [4.78, 5) is 25.2. The number of ether oxygens (including phenoxy) is 1. The molecule has 1 heterocycles. The number of rotatable bonds is 12. The van der Waals surface area contributed by atoms with Gasteiger partial charge in [0, 0.05) is 31.4 Å². The monoisotopic (exact) mass is 407 g/mol. The molecule has 0 saturated carbocycles. The molecule has 1 fully saturated rings. The molecule has 160 valence electrons. The first kappa shape index (κ1) is 23.0. The first-order valence-electron chi connectivity index (χ1n) is 10.5. The predicted molar refractivity (Wildman–Crippen MR) is 109 cm³/mol. The molecule has 1 atom stereocenters. The van der Waals surface area contributed by atoms with E-state index in [1.54, 1.807) is 36.1 Å². The third kappa shape index (κ3) is 7.59. The van der Waals surface area contributed by atoms with Crippen LogP contribution in [0.5, 0.6) is 0 Å². The number of halogens is 2. The smallest absolute Gasteiger partial charge is 0.305 e. The Bertz CT molecular complexity index is 676. The van der Waals surface area contributed by atoms with Crippen LogP contribution in [0.15, 0.2) is 42.5 Å². The highest BCUT2D eigenvalue weighted by Gasteiger charge is 2.31. The lowest BCUT2D eigenvalue weighted by molar-refractivity contribution is -0.143. The summed E-state index contributed by atoms with van der Waals surface area (Å²) in [5, 5.41) is 0. The number of esters is 1. The lowest BCUT2D eigenvalue weighted by atomic mass is 10.0. The average Bonchev–Trinajstić information content (AvgIpc) is 3.05. The fourth-order valence-electron chi connectivity index (χ4n) is 3.56. The summed E-state index contributed by atoms with van der Waals surface area (Å²) in [6, 6.07) is 7.69. The van der Waals surface area contributed by atoms with Gasteiger partial charge in [0.2, 0.25) is 5.91 Å². The summed E-state index contributed by atoms with van der Waals surface area (Å²) in [7, 11) is 0. The van der Waals surface area contributed by atoms with E-state index in [4.69, 9.17) is 4.74 Å². The number of hydrogen-bond acceptors (Lipinski definition) is 3. The second-order valence-electron chi connectivity index (χ2n) is 7.37. The number of benzene rings is 1. The van der Waals surface area contributed by atoms with Crippen molar-refractivity contribution >= 4 is 11.9 Å². The fourth-order valence-corrected chi connectivity index (χ4v) is 3.56. The van der Waals surface area contributed by atoms with Gasteiger partial charge in [0.05, 0.1) is 12.6 Å². The maximum Gasteiger partial charge on any atom is 0.305 e. The highest BCUT2D eigenvalue weighted by atomic mass is 19.3. The maximum absolute atomic E-state index is 14.3. The van der Waals surface area contributed by atoms with E-state index in [2.05, 4.69) is 0 Å². The molecule has 0 radical (unpaired) electrons. The van der Waals surface area contributed by atoms with Crippen LogP contribution < -0.4 is 0 Å². The SMILES string of the molecule is CCOC(=O)CCCCCCN1C(=O)CCC1/C=C/CC(F)(F)c1ccccc1. The Balaban J connectivity index is 1.74. The Hall–Kier alpha value is -2.24. The first-order valence-corrected chi connectivity index (χ1v) is 10.5. The number of unbranched alkanes of at least 4 members (excludes halogenated alkanes) is 3. The number of likely N-dealkylation sites (tertiary alicyclic amines) is 1. The van der Waals surface area contributed by atoms with Crippen LogP contribution in [0.25, 0.3) is 0 Å². The quantitative estimate of drug-likeness (QED) is 0.271. The second-order valence-corrected chi connectivity index (χ2v) is 7.37. The summed E-state index contributed by atoms with van der Waals surface area (Å²) in [5.41, 5.74) is 0.00632. The Labute approximate surface area is 171 Å². The van der Waals surface area contributed by atoms with Gasteiger partial charge in [0.15, 0.2) is 0 Å². The van der Waals surface area contributed by atoms with E-state index in [1.165, 1.54) is 18.2 Å². The zero-order chi connectivity index (χ0) is 21.1. The van der Waals surface area contributed by atoms with E-state index in [0.29, 0.717) is 32.4 Å². The molecule has 4 nitrogen and oxygen atoms in total. The van der Waals surface area contributed by atoms with E-state index >= 15 is 0 Å². The summed E-state index contributed by atoms with van der Waals surface area (Å²) >= 11 is 0. The zero-order valence-electron chi connectivity index (χ0n) is 17.1. The summed E-state index contributed by atoms with van der Waals surface area (Å²) in [5.74, 6) is -3.00. The number of allylic oxidation sites excluding steroid dienone is 1. The minimum atomic E-state index is -2.91. The zero-order valence-corrected chi connectivity index (χ0v) is 17.1. The highest BCUT2D eigenvalue weighted by Crippen LogP contribution is 2.32. The van der Waals surface area contributed by atoms with Crippen molar-refractivity contribution in [2.75, 3.05) is 13.2 Å². The molecule has 2 rings (SSSR count). The van der Waals surface area contributed by atoms with Crippen molar-refractivity contribution in [2.24, 2.45) is 0 Å². The summed E-state index contributed by atoms with van der Waals surface area (Å²) in [6.45, 7) is 2.82. The number of alkyl halides is 2. The van der Waals surface area contributed by atoms with Gasteiger partial charge >= 0.3 is 5.97 Å². The third-order valence-corrected chi connectivity index (χ3v) is 5.14. The molecule has 1 aromatic rings. The van der Waals surface area contributed by atoms with Gasteiger partial charge < -0.3 is 9.64 Å². The number of hydrogen-bond donors (Lipinski definition) is 0. The number of amides is 1. The van der Waals surface area contributed by atoms with Crippen molar-refractivity contribution in [2.45, 2.75) is 70.3 Å². The molecule has 1 aromatic carbocycles. The van der Waals surface area contributed by atoms with Crippen LogP contribution >= 0.6 is 0 Å². The molecule has 6 heteroatoms. The van der Waals surface area contributed by atoms with Gasteiger partial charge in [-0.05, 0) is 26.2 Å². The molecular formula is C23H31F2NO3. The van der Waals surface area contributed by atoms with E-state index < -0.39 is 5.92 Å². The van der Waals surface area contributed by atoms with Crippen molar-refractivity contribution in [1.29, 1.82) is 0 Å². The fraction of sp³-hybridized carbons (Fsp3) is 0.565. The van der Waals surface area contributed by atoms with E-state index in [9.17, 15) is 18.4 Å². The van der Waals surface area contributed by atoms with Gasteiger partial charge in [-0.15, -0.1) is 0 Å². The Morgan fingerprint density at radius 1 is 1.21 bits per heavy atom. The van der Waals surface area contributed by atoms with Crippen LogP contribution in [0.1, 0.15) is 63.9 Å². The Kier molecular flexibility index (Phi) is 9.29. The van der Waals surface area contributed by atoms with Crippen LogP contribution in [0.3, 0.4) is 0 Å². The summed E-state index contributed by atoms with van der Waals surface area (Å²) < 4.78 is 33.4. The standard InChI is InChI=1S/C23H31F2NO3/c1-2-29-22(28)14-8-3-4-9-18-26-20(15-16-21(26)27)13-10-17-23(24,25)19-11-6-5-7-12-19/h5-7,10-13,20H,2-4,8-9,14-18H2,1H3/b13-10+. The van der Waals surface area contributed by atoms with Crippen LogP contribution in [0.4, 0.5) is 8.78 Å². The molecule has 0 spiro atoms. The van der Waals surface area contributed by atoms with Crippen molar-refractivity contribution < 1.29 is 23.1 Å². The van der Waals surface area contributed by atoms with E-state index in [0.717, 1.165) is 25.7 Å². The second kappa shape index (κ2) is 11.7. The van der Waals surface area contributed by atoms with Crippen molar-refractivity contribution in [1.82, 2.24) is 4.90 Å². The van der Waals surface area contributed by atoms with Crippen molar-refractivity contribution in [3.63, 3.8) is 0 Å². The van der Waals surface area contributed by atoms with Gasteiger partial charge in [-0.3, -0.25) is 9.59 Å². The van der Waals surface area contributed by atoms with E-state index in [1.807, 2.05) is 0 Å². The minimum absolute atomic E-state index is 0.00632. The number of carbonyl (C=O) groups is 2. The lowest BCUT2D eigenvalue weighted by Crippen LogP contribution is -2.32. The van der Waals surface area contributed by atoms with Crippen LogP contribution in [-0.2, 0) is 20.2 Å². The molecule has 1 amide bonds. The molecule has 0 N–H and O–H groups in total. The minimum Gasteiger partial charge on any atom is -0.466 e. The number of nitrogens with zero attached hydrogens (tertiary/aromatic N) is 1. The molecule has 1 aliphatic rings. The van der Waals surface area contributed by atoms with E-state index in [-0.39, 0.29) is 29.9 Å². The topological polar surface area (TPSA) is 46.6 Å². The molecule has 1 aliphatic heterocycles. The van der Waals surface area contributed by atoms with Gasteiger partial charge in [-0.25, -0.2) is 8.78 Å². The normalized spacial score (nSPS) is 17.3. The maximum atomic E-state index is 14.3. The molecular weight excluding hydrogens is 376 g/mol. The summed E-state index contributed by atoms with van der Waals surface area (Å²) in [6.07, 6.45) is 7.91. The molecule has 1 unspecified atom stereocenters. The molecule has 0 bridgehead atoms. The Morgan fingerprint density at radius 3 is 2.66 bits per heavy atom. The highest BCUT2D eigenvalue weighted by molar-refractivity contribution is 5.79. The first-order chi connectivity index (χ1) is 13.9. The third-order valence-electron chi connectivity index (χ3n) is 5.14. The molecule has 0 aromatic heterocycles. The van der Waals surface area contributed by atoms with Crippen molar-refractivity contribution in [3.8, 4) is 0 Å². The van der Waals surface area contributed by atoms with Gasteiger partial charge in [-0.2, -0.15) is 0 Å². The predicted octanol–water partition coefficient (Wildman–Crippen LogP) is 5.23. The number of carbonyl (C=O) groups excluding carboxylic acids is 2.